The van der Waals surface area contributed by atoms with Crippen LogP contribution in [-0.4, -0.2) is 29.4 Å². The molecule has 98 valence electrons. The van der Waals surface area contributed by atoms with Crippen molar-refractivity contribution in [1.82, 2.24) is 5.32 Å². The number of carbonyl (C=O) groups is 2. The summed E-state index contributed by atoms with van der Waals surface area (Å²) < 4.78 is 17.7. The molecule has 0 aliphatic heterocycles. The standard InChI is InChI=1S/C12H14FNO4/c1-8(13)10(11(15)16)14-12(17)18-7-9-5-3-2-4-6-9/h2-6,8,10H,7H2,1H3,(H,14,17)(H,15,16). The molecular weight excluding hydrogens is 241 g/mol. The molecule has 0 radical (unpaired) electrons. The third kappa shape index (κ3) is 4.40. The van der Waals surface area contributed by atoms with E-state index in [0.29, 0.717) is 0 Å². The number of hydrogen-bond acceptors (Lipinski definition) is 3. The summed E-state index contributed by atoms with van der Waals surface area (Å²) in [5, 5.41) is 10.6. The third-order valence-corrected chi connectivity index (χ3v) is 2.21. The summed E-state index contributed by atoms with van der Waals surface area (Å²) in [6, 6.07) is 7.27. The molecular formula is C12H14FNO4. The van der Waals surface area contributed by atoms with Crippen LogP contribution in [0.3, 0.4) is 0 Å². The van der Waals surface area contributed by atoms with Gasteiger partial charge in [-0.1, -0.05) is 30.3 Å². The minimum absolute atomic E-state index is 0.000318. The van der Waals surface area contributed by atoms with E-state index >= 15 is 0 Å². The number of alkyl halides is 1. The highest BCUT2D eigenvalue weighted by molar-refractivity contribution is 5.80. The molecule has 0 saturated carbocycles. The zero-order valence-corrected chi connectivity index (χ0v) is 9.80. The second-order valence-electron chi connectivity index (χ2n) is 3.70. The van der Waals surface area contributed by atoms with Crippen LogP contribution in [0.1, 0.15) is 12.5 Å². The van der Waals surface area contributed by atoms with Crippen LogP contribution in [0.4, 0.5) is 9.18 Å². The molecule has 0 aliphatic carbocycles. The number of rotatable bonds is 5. The smallest absolute Gasteiger partial charge is 0.408 e. The fourth-order valence-corrected chi connectivity index (χ4v) is 1.26. The second kappa shape index (κ2) is 6.58. The van der Waals surface area contributed by atoms with Crippen LogP contribution in [0.5, 0.6) is 0 Å². The number of benzene rings is 1. The van der Waals surface area contributed by atoms with Crippen molar-refractivity contribution in [3.63, 3.8) is 0 Å². The van der Waals surface area contributed by atoms with E-state index in [1.165, 1.54) is 0 Å². The zero-order chi connectivity index (χ0) is 13.5. The van der Waals surface area contributed by atoms with E-state index < -0.39 is 24.3 Å². The van der Waals surface area contributed by atoms with Crippen molar-refractivity contribution in [2.75, 3.05) is 0 Å². The van der Waals surface area contributed by atoms with Gasteiger partial charge < -0.3 is 15.2 Å². The minimum Gasteiger partial charge on any atom is -0.480 e. The van der Waals surface area contributed by atoms with Gasteiger partial charge in [-0.05, 0) is 12.5 Å². The van der Waals surface area contributed by atoms with E-state index in [-0.39, 0.29) is 6.61 Å². The molecule has 0 saturated heterocycles. The number of halogens is 1. The SMILES string of the molecule is CC(F)C(NC(=O)OCc1ccccc1)C(=O)O. The molecule has 2 unspecified atom stereocenters. The highest BCUT2D eigenvalue weighted by atomic mass is 19.1. The van der Waals surface area contributed by atoms with Gasteiger partial charge in [-0.3, -0.25) is 0 Å². The van der Waals surface area contributed by atoms with Crippen molar-refractivity contribution in [3.05, 3.63) is 35.9 Å². The Kier molecular flexibility index (Phi) is 5.10. The Bertz CT molecular complexity index is 408. The minimum atomic E-state index is -1.70. The Morgan fingerprint density at radius 1 is 1.39 bits per heavy atom. The molecule has 0 bridgehead atoms. The van der Waals surface area contributed by atoms with E-state index in [9.17, 15) is 14.0 Å². The van der Waals surface area contributed by atoms with Crippen LogP contribution in [0.2, 0.25) is 0 Å². The molecule has 1 aromatic rings. The summed E-state index contributed by atoms with van der Waals surface area (Å²) in [4.78, 5) is 21.9. The zero-order valence-electron chi connectivity index (χ0n) is 9.80. The molecule has 18 heavy (non-hydrogen) atoms. The van der Waals surface area contributed by atoms with Gasteiger partial charge in [-0.25, -0.2) is 14.0 Å². The highest BCUT2D eigenvalue weighted by Gasteiger charge is 2.26. The molecule has 0 aliphatic rings. The Balaban J connectivity index is 2.44. The largest absolute Gasteiger partial charge is 0.480 e. The van der Waals surface area contributed by atoms with Crippen molar-refractivity contribution in [2.24, 2.45) is 0 Å². The third-order valence-electron chi connectivity index (χ3n) is 2.21. The first kappa shape index (κ1) is 14.0. The molecule has 0 aromatic heterocycles. The normalized spacial score (nSPS) is 13.4. The van der Waals surface area contributed by atoms with Gasteiger partial charge in [0, 0.05) is 0 Å². The molecule has 1 aromatic carbocycles. The highest BCUT2D eigenvalue weighted by Crippen LogP contribution is 2.02. The Hall–Kier alpha value is -2.11. The van der Waals surface area contributed by atoms with E-state index in [0.717, 1.165) is 12.5 Å². The van der Waals surface area contributed by atoms with Gasteiger partial charge in [0.05, 0.1) is 0 Å². The lowest BCUT2D eigenvalue weighted by Crippen LogP contribution is -2.46. The summed E-state index contributed by atoms with van der Waals surface area (Å²) in [6.45, 7) is 1.05. The molecule has 0 fully saturated rings. The van der Waals surface area contributed by atoms with Crippen LogP contribution in [0.15, 0.2) is 30.3 Å². The molecule has 2 N–H and O–H groups in total. The number of amides is 1. The first-order chi connectivity index (χ1) is 8.50. The second-order valence-corrected chi connectivity index (χ2v) is 3.70. The number of ether oxygens (including phenoxy) is 1. The predicted molar refractivity (Wildman–Crippen MR) is 61.8 cm³/mol. The van der Waals surface area contributed by atoms with Crippen molar-refractivity contribution in [3.8, 4) is 0 Å². The predicted octanol–water partition coefficient (Wildman–Crippen LogP) is 1.72. The van der Waals surface area contributed by atoms with Crippen LogP contribution in [0.25, 0.3) is 0 Å². The summed E-state index contributed by atoms with van der Waals surface area (Å²) in [6.07, 6.45) is -2.66. The lowest BCUT2D eigenvalue weighted by atomic mass is 10.2. The van der Waals surface area contributed by atoms with Gasteiger partial charge in [-0.15, -0.1) is 0 Å². The Morgan fingerprint density at radius 2 is 2.00 bits per heavy atom. The van der Waals surface area contributed by atoms with Crippen LogP contribution >= 0.6 is 0 Å². The van der Waals surface area contributed by atoms with Crippen molar-refractivity contribution in [2.45, 2.75) is 25.7 Å². The van der Waals surface area contributed by atoms with Crippen LogP contribution in [-0.2, 0) is 16.1 Å². The van der Waals surface area contributed by atoms with Crippen LogP contribution in [0, 0.1) is 0 Å². The van der Waals surface area contributed by atoms with E-state index in [1.54, 1.807) is 24.3 Å². The summed E-state index contributed by atoms with van der Waals surface area (Å²) in [5.74, 6) is -1.44. The average molecular weight is 255 g/mol. The van der Waals surface area contributed by atoms with Crippen molar-refractivity contribution >= 4 is 12.1 Å². The monoisotopic (exact) mass is 255 g/mol. The molecule has 1 amide bonds. The van der Waals surface area contributed by atoms with Gasteiger partial charge in [0.1, 0.15) is 12.8 Å². The van der Waals surface area contributed by atoms with E-state index in [2.05, 4.69) is 0 Å². The number of carboxylic acid groups (broad SMARTS) is 1. The molecule has 6 heteroatoms. The van der Waals surface area contributed by atoms with Gasteiger partial charge in [0.15, 0.2) is 6.04 Å². The maximum absolute atomic E-state index is 12.9. The van der Waals surface area contributed by atoms with Gasteiger partial charge in [0.2, 0.25) is 0 Å². The first-order valence-corrected chi connectivity index (χ1v) is 5.35. The Morgan fingerprint density at radius 3 is 2.50 bits per heavy atom. The maximum atomic E-state index is 12.9. The number of nitrogens with one attached hydrogen (secondary N) is 1. The summed E-state index contributed by atoms with van der Waals surface area (Å²) in [5.41, 5.74) is 0.757. The number of carboxylic acids is 1. The number of alkyl carbamates (subject to hydrolysis) is 1. The number of carbonyl (C=O) groups excluding carboxylic acids is 1. The molecule has 0 heterocycles. The van der Waals surface area contributed by atoms with Gasteiger partial charge in [-0.2, -0.15) is 0 Å². The summed E-state index contributed by atoms with van der Waals surface area (Å²) in [7, 11) is 0. The molecule has 5 nitrogen and oxygen atoms in total. The number of hydrogen-bond donors (Lipinski definition) is 2. The first-order valence-electron chi connectivity index (χ1n) is 5.35. The van der Waals surface area contributed by atoms with Gasteiger partial charge >= 0.3 is 12.1 Å². The van der Waals surface area contributed by atoms with E-state index in [1.807, 2.05) is 11.4 Å². The quantitative estimate of drug-likeness (QED) is 0.840. The fraction of sp³-hybridized carbons (Fsp3) is 0.333. The fourth-order valence-electron chi connectivity index (χ4n) is 1.26. The maximum Gasteiger partial charge on any atom is 0.408 e. The molecule has 0 spiro atoms. The van der Waals surface area contributed by atoms with Gasteiger partial charge in [0.25, 0.3) is 0 Å². The summed E-state index contributed by atoms with van der Waals surface area (Å²) >= 11 is 0. The average Bonchev–Trinajstić information content (AvgIpc) is 2.34. The van der Waals surface area contributed by atoms with Crippen molar-refractivity contribution < 1.29 is 23.8 Å². The lowest BCUT2D eigenvalue weighted by Gasteiger charge is -2.15. The van der Waals surface area contributed by atoms with Crippen molar-refractivity contribution in [1.29, 1.82) is 0 Å². The Labute approximate surface area is 104 Å². The van der Waals surface area contributed by atoms with E-state index in [4.69, 9.17) is 9.84 Å². The molecule has 1 rings (SSSR count). The number of aliphatic carboxylic acids is 1. The van der Waals surface area contributed by atoms with Crippen LogP contribution < -0.4 is 5.32 Å². The lowest BCUT2D eigenvalue weighted by molar-refractivity contribution is -0.140. The molecule has 2 atom stereocenters. The topological polar surface area (TPSA) is 75.6 Å².